The van der Waals surface area contributed by atoms with Gasteiger partial charge in [-0.3, -0.25) is 10.2 Å². The van der Waals surface area contributed by atoms with Crippen LogP contribution in [-0.2, 0) is 11.4 Å². The molecular formula is C17H12Cl2N2O2S. The number of thioether (sulfide) groups is 1. The number of ether oxygens (including phenoxy) is 1. The van der Waals surface area contributed by atoms with Crippen LogP contribution < -0.4 is 10.1 Å². The van der Waals surface area contributed by atoms with Crippen molar-refractivity contribution in [2.24, 2.45) is 0 Å². The van der Waals surface area contributed by atoms with Gasteiger partial charge in [-0.2, -0.15) is 0 Å². The van der Waals surface area contributed by atoms with Crippen LogP contribution in [0.25, 0.3) is 6.08 Å². The number of hydrogen-bond acceptors (Lipinski definition) is 4. The van der Waals surface area contributed by atoms with Crippen LogP contribution in [0.3, 0.4) is 0 Å². The van der Waals surface area contributed by atoms with Crippen molar-refractivity contribution in [1.82, 2.24) is 5.32 Å². The van der Waals surface area contributed by atoms with E-state index in [0.29, 0.717) is 20.7 Å². The normalized spacial score (nSPS) is 15.7. The van der Waals surface area contributed by atoms with E-state index in [-0.39, 0.29) is 17.7 Å². The van der Waals surface area contributed by atoms with Crippen molar-refractivity contribution >= 4 is 52.1 Å². The quantitative estimate of drug-likeness (QED) is 0.757. The molecule has 2 aromatic rings. The maximum atomic E-state index is 11.7. The average molecular weight is 379 g/mol. The fraction of sp³-hybridized carbons (Fsp3) is 0.0588. The Morgan fingerprint density at radius 2 is 2.00 bits per heavy atom. The highest BCUT2D eigenvalue weighted by Gasteiger charge is 2.22. The van der Waals surface area contributed by atoms with Crippen molar-refractivity contribution < 1.29 is 9.53 Å². The highest BCUT2D eigenvalue weighted by Crippen LogP contribution is 2.29. The second kappa shape index (κ2) is 7.30. The highest BCUT2D eigenvalue weighted by atomic mass is 35.5. The lowest BCUT2D eigenvalue weighted by molar-refractivity contribution is -0.115. The van der Waals surface area contributed by atoms with Gasteiger partial charge < -0.3 is 10.1 Å². The Morgan fingerprint density at radius 1 is 1.21 bits per heavy atom. The summed E-state index contributed by atoms with van der Waals surface area (Å²) in [4.78, 5) is 12.2. The molecule has 2 aromatic carbocycles. The van der Waals surface area contributed by atoms with Gasteiger partial charge >= 0.3 is 0 Å². The molecule has 7 heteroatoms. The molecule has 0 saturated carbocycles. The number of nitrogens with one attached hydrogen (secondary N) is 2. The molecule has 1 aliphatic heterocycles. The molecule has 24 heavy (non-hydrogen) atoms. The minimum Gasteiger partial charge on any atom is -0.488 e. The first-order chi connectivity index (χ1) is 11.5. The number of halogens is 2. The Hall–Kier alpha value is -1.95. The summed E-state index contributed by atoms with van der Waals surface area (Å²) in [5.74, 6) is 0.350. The summed E-state index contributed by atoms with van der Waals surface area (Å²) in [6.07, 6.45) is 1.71. The van der Waals surface area contributed by atoms with Crippen molar-refractivity contribution in [3.63, 3.8) is 0 Å². The van der Waals surface area contributed by atoms with Crippen molar-refractivity contribution in [2.75, 3.05) is 0 Å². The van der Waals surface area contributed by atoms with Crippen LogP contribution in [0, 0.1) is 5.41 Å². The van der Waals surface area contributed by atoms with Crippen molar-refractivity contribution in [1.29, 1.82) is 5.41 Å². The summed E-state index contributed by atoms with van der Waals surface area (Å²) in [5.41, 5.74) is 1.58. The van der Waals surface area contributed by atoms with Crippen LogP contribution in [0.2, 0.25) is 10.0 Å². The van der Waals surface area contributed by atoms with Gasteiger partial charge in [0.05, 0.1) is 4.91 Å². The summed E-state index contributed by atoms with van der Waals surface area (Å²) in [6, 6.07) is 12.6. The maximum absolute atomic E-state index is 11.7. The number of para-hydroxylation sites is 1. The highest BCUT2D eigenvalue weighted by molar-refractivity contribution is 8.18. The first-order valence-corrected chi connectivity index (χ1v) is 8.55. The van der Waals surface area contributed by atoms with Crippen LogP contribution in [-0.4, -0.2) is 11.1 Å². The van der Waals surface area contributed by atoms with E-state index in [1.54, 1.807) is 18.2 Å². The lowest BCUT2D eigenvalue weighted by Crippen LogP contribution is -2.18. The summed E-state index contributed by atoms with van der Waals surface area (Å²) in [5, 5.41) is 11.2. The zero-order valence-electron chi connectivity index (χ0n) is 12.3. The molecule has 0 aliphatic carbocycles. The van der Waals surface area contributed by atoms with E-state index in [4.69, 9.17) is 33.3 Å². The van der Waals surface area contributed by atoms with Crippen LogP contribution in [0.15, 0.2) is 47.4 Å². The minimum atomic E-state index is -0.277. The Balaban J connectivity index is 1.81. The number of benzene rings is 2. The van der Waals surface area contributed by atoms with Crippen molar-refractivity contribution in [3.05, 3.63) is 68.5 Å². The third-order valence-electron chi connectivity index (χ3n) is 3.27. The maximum Gasteiger partial charge on any atom is 0.264 e. The standard InChI is InChI=1S/C17H12Cl2N2O2S/c18-12-6-5-11(13(19)8-12)9-23-14-4-2-1-3-10(14)7-15-16(22)21-17(20)24-15/h1-8H,9H2,(H2,20,21,22)/b15-7+. The largest absolute Gasteiger partial charge is 0.488 e. The molecule has 4 nitrogen and oxygen atoms in total. The second-order valence-corrected chi connectivity index (χ2v) is 6.85. The number of hydrogen-bond donors (Lipinski definition) is 2. The van der Waals surface area contributed by atoms with Gasteiger partial charge in [0, 0.05) is 21.2 Å². The fourth-order valence-corrected chi connectivity index (χ4v) is 3.26. The Labute approximate surface area is 153 Å². The molecule has 0 unspecified atom stereocenters. The molecule has 1 amide bonds. The molecule has 122 valence electrons. The third kappa shape index (κ3) is 3.93. The Morgan fingerprint density at radius 3 is 2.71 bits per heavy atom. The molecule has 0 radical (unpaired) electrons. The second-order valence-electron chi connectivity index (χ2n) is 4.96. The van der Waals surface area contributed by atoms with E-state index in [1.165, 1.54) is 0 Å². The molecule has 1 heterocycles. The zero-order chi connectivity index (χ0) is 17.1. The lowest BCUT2D eigenvalue weighted by Gasteiger charge is -2.11. The Kier molecular flexibility index (Phi) is 5.14. The molecular weight excluding hydrogens is 367 g/mol. The van der Waals surface area contributed by atoms with E-state index < -0.39 is 0 Å². The monoisotopic (exact) mass is 378 g/mol. The van der Waals surface area contributed by atoms with E-state index >= 15 is 0 Å². The molecule has 1 aliphatic rings. The van der Waals surface area contributed by atoms with E-state index in [0.717, 1.165) is 22.9 Å². The van der Waals surface area contributed by atoms with Gasteiger partial charge in [0.25, 0.3) is 5.91 Å². The predicted octanol–water partition coefficient (Wildman–Crippen LogP) is 4.71. The van der Waals surface area contributed by atoms with Gasteiger partial charge in [0.15, 0.2) is 5.17 Å². The van der Waals surface area contributed by atoms with Gasteiger partial charge in [-0.15, -0.1) is 0 Å². The van der Waals surface area contributed by atoms with E-state index in [9.17, 15) is 4.79 Å². The summed E-state index contributed by atoms with van der Waals surface area (Å²) in [6.45, 7) is 0.283. The van der Waals surface area contributed by atoms with Crippen LogP contribution in [0.1, 0.15) is 11.1 Å². The summed E-state index contributed by atoms with van der Waals surface area (Å²) in [7, 11) is 0. The number of rotatable bonds is 4. The smallest absolute Gasteiger partial charge is 0.264 e. The number of carbonyl (C=O) groups is 1. The number of carbonyl (C=O) groups excluding carboxylic acids is 1. The molecule has 1 saturated heterocycles. The van der Waals surface area contributed by atoms with Crippen LogP contribution in [0.4, 0.5) is 0 Å². The molecule has 0 bridgehead atoms. The Bertz CT molecular complexity index is 852. The number of amides is 1. The van der Waals surface area contributed by atoms with Gasteiger partial charge in [-0.25, -0.2) is 0 Å². The molecule has 0 atom stereocenters. The first-order valence-electron chi connectivity index (χ1n) is 6.98. The fourth-order valence-electron chi connectivity index (χ4n) is 2.11. The molecule has 1 fully saturated rings. The summed E-state index contributed by atoms with van der Waals surface area (Å²) >= 11 is 13.1. The third-order valence-corrected chi connectivity index (χ3v) is 4.68. The van der Waals surface area contributed by atoms with Crippen LogP contribution in [0.5, 0.6) is 5.75 Å². The van der Waals surface area contributed by atoms with Crippen molar-refractivity contribution in [2.45, 2.75) is 6.61 Å². The zero-order valence-corrected chi connectivity index (χ0v) is 14.6. The molecule has 0 aromatic heterocycles. The average Bonchev–Trinajstić information content (AvgIpc) is 2.85. The lowest BCUT2D eigenvalue weighted by atomic mass is 10.2. The van der Waals surface area contributed by atoms with Gasteiger partial charge in [-0.05, 0) is 36.0 Å². The van der Waals surface area contributed by atoms with Crippen molar-refractivity contribution in [3.8, 4) is 5.75 Å². The van der Waals surface area contributed by atoms with Gasteiger partial charge in [0.2, 0.25) is 0 Å². The van der Waals surface area contributed by atoms with Crippen LogP contribution >= 0.6 is 35.0 Å². The minimum absolute atomic E-state index is 0.123. The number of amidine groups is 1. The molecule has 3 rings (SSSR count). The summed E-state index contributed by atoms with van der Waals surface area (Å²) < 4.78 is 5.85. The van der Waals surface area contributed by atoms with E-state index in [1.807, 2.05) is 30.3 Å². The SMILES string of the molecule is N=C1NC(=O)/C(=C\c2ccccc2OCc2ccc(Cl)cc2Cl)S1. The van der Waals surface area contributed by atoms with E-state index in [2.05, 4.69) is 5.32 Å². The molecule has 0 spiro atoms. The van der Waals surface area contributed by atoms with Gasteiger partial charge in [-0.1, -0.05) is 47.5 Å². The van der Waals surface area contributed by atoms with Gasteiger partial charge in [0.1, 0.15) is 12.4 Å². The predicted molar refractivity (Wildman–Crippen MR) is 98.7 cm³/mol. The first kappa shape index (κ1) is 16.9. The molecule has 2 N–H and O–H groups in total. The topological polar surface area (TPSA) is 62.2 Å².